The summed E-state index contributed by atoms with van der Waals surface area (Å²) in [5.74, 6) is -0.125. The molecule has 0 radical (unpaired) electrons. The van der Waals surface area contributed by atoms with E-state index < -0.39 is 0 Å². The monoisotopic (exact) mass is 346 g/mol. The summed E-state index contributed by atoms with van der Waals surface area (Å²) >= 11 is 0. The molecule has 0 aliphatic heterocycles. The second kappa shape index (κ2) is 6.40. The van der Waals surface area contributed by atoms with Gasteiger partial charge in [-0.25, -0.2) is 9.37 Å². The van der Waals surface area contributed by atoms with Gasteiger partial charge in [0, 0.05) is 24.2 Å². The fourth-order valence-corrected chi connectivity index (χ4v) is 2.86. The van der Waals surface area contributed by atoms with Gasteiger partial charge in [0.05, 0.1) is 6.33 Å². The number of benzene rings is 2. The SMILES string of the molecule is Cn1cnc(-c2ccc(F)cc2)c1NC(=O)c1nccc2ccccc12. The third-order valence-electron chi connectivity index (χ3n) is 4.18. The van der Waals surface area contributed by atoms with E-state index in [0.29, 0.717) is 22.8 Å². The van der Waals surface area contributed by atoms with Crippen molar-refractivity contribution >= 4 is 22.5 Å². The molecule has 2 heterocycles. The molecule has 128 valence electrons. The Morgan fingerprint density at radius 1 is 1.04 bits per heavy atom. The van der Waals surface area contributed by atoms with Crippen molar-refractivity contribution in [2.75, 3.05) is 5.32 Å². The molecule has 4 rings (SSSR count). The molecule has 1 N–H and O–H groups in total. The maximum absolute atomic E-state index is 13.2. The number of carbonyl (C=O) groups excluding carboxylic acids is 1. The quantitative estimate of drug-likeness (QED) is 0.609. The van der Waals surface area contributed by atoms with Gasteiger partial charge in [0.25, 0.3) is 5.91 Å². The minimum Gasteiger partial charge on any atom is -0.320 e. The Kier molecular flexibility index (Phi) is 3.93. The highest BCUT2D eigenvalue weighted by Crippen LogP contribution is 2.27. The van der Waals surface area contributed by atoms with E-state index in [1.165, 1.54) is 12.1 Å². The van der Waals surface area contributed by atoms with Crippen molar-refractivity contribution in [3.8, 4) is 11.3 Å². The highest BCUT2D eigenvalue weighted by Gasteiger charge is 2.17. The number of amides is 1. The number of hydrogen-bond acceptors (Lipinski definition) is 3. The molecule has 0 spiro atoms. The van der Waals surface area contributed by atoms with Crippen LogP contribution in [0.25, 0.3) is 22.0 Å². The highest BCUT2D eigenvalue weighted by atomic mass is 19.1. The number of aryl methyl sites for hydroxylation is 1. The average Bonchev–Trinajstić information content (AvgIpc) is 3.02. The van der Waals surface area contributed by atoms with Crippen molar-refractivity contribution in [2.24, 2.45) is 7.05 Å². The zero-order chi connectivity index (χ0) is 18.1. The number of nitrogens with one attached hydrogen (secondary N) is 1. The van der Waals surface area contributed by atoms with Crippen molar-refractivity contribution < 1.29 is 9.18 Å². The zero-order valence-corrected chi connectivity index (χ0v) is 14.0. The van der Waals surface area contributed by atoms with Crippen LogP contribution in [0.15, 0.2) is 67.1 Å². The third-order valence-corrected chi connectivity index (χ3v) is 4.18. The normalized spacial score (nSPS) is 10.8. The molecule has 0 aliphatic carbocycles. The molecule has 0 saturated carbocycles. The molecule has 0 bridgehead atoms. The molecule has 0 saturated heterocycles. The fourth-order valence-electron chi connectivity index (χ4n) is 2.86. The van der Waals surface area contributed by atoms with Crippen molar-refractivity contribution in [3.05, 3.63) is 78.6 Å². The Hall–Kier alpha value is -3.54. The minimum absolute atomic E-state index is 0.324. The van der Waals surface area contributed by atoms with Crippen molar-refractivity contribution in [1.82, 2.24) is 14.5 Å². The fraction of sp³-hybridized carbons (Fsp3) is 0.0500. The van der Waals surface area contributed by atoms with Crippen LogP contribution in [-0.4, -0.2) is 20.4 Å². The Morgan fingerprint density at radius 2 is 1.81 bits per heavy atom. The Labute approximate surface area is 149 Å². The largest absolute Gasteiger partial charge is 0.320 e. The van der Waals surface area contributed by atoms with E-state index in [2.05, 4.69) is 15.3 Å². The standard InChI is InChI=1S/C20H15FN4O/c1-25-12-23-17(14-6-8-15(21)9-7-14)19(25)24-20(26)18-16-5-3-2-4-13(16)10-11-22-18/h2-12H,1H3,(H,24,26). The van der Waals surface area contributed by atoms with Crippen LogP contribution in [0.1, 0.15) is 10.5 Å². The number of rotatable bonds is 3. The number of pyridine rings is 1. The van der Waals surface area contributed by atoms with Crippen LogP contribution in [0.5, 0.6) is 0 Å². The van der Waals surface area contributed by atoms with E-state index >= 15 is 0 Å². The zero-order valence-electron chi connectivity index (χ0n) is 14.0. The van der Waals surface area contributed by atoms with Crippen molar-refractivity contribution in [3.63, 3.8) is 0 Å². The molecular weight excluding hydrogens is 331 g/mol. The lowest BCUT2D eigenvalue weighted by Gasteiger charge is -2.10. The van der Waals surface area contributed by atoms with Gasteiger partial charge in [0.2, 0.25) is 0 Å². The number of imidazole rings is 1. The molecule has 5 nitrogen and oxygen atoms in total. The maximum Gasteiger partial charge on any atom is 0.276 e. The molecule has 0 atom stereocenters. The first-order chi connectivity index (χ1) is 12.6. The van der Waals surface area contributed by atoms with E-state index in [-0.39, 0.29) is 11.7 Å². The van der Waals surface area contributed by atoms with E-state index in [1.807, 2.05) is 30.3 Å². The summed E-state index contributed by atoms with van der Waals surface area (Å²) in [6.07, 6.45) is 3.21. The summed E-state index contributed by atoms with van der Waals surface area (Å²) in [6.45, 7) is 0. The lowest BCUT2D eigenvalue weighted by Crippen LogP contribution is -2.16. The first-order valence-electron chi connectivity index (χ1n) is 8.06. The van der Waals surface area contributed by atoms with Crippen LogP contribution in [0.3, 0.4) is 0 Å². The van der Waals surface area contributed by atoms with Gasteiger partial charge >= 0.3 is 0 Å². The first kappa shape index (κ1) is 16.0. The van der Waals surface area contributed by atoms with Gasteiger partial charge < -0.3 is 9.88 Å². The lowest BCUT2D eigenvalue weighted by atomic mass is 10.1. The maximum atomic E-state index is 13.2. The molecule has 26 heavy (non-hydrogen) atoms. The number of anilines is 1. The Bertz CT molecular complexity index is 1100. The molecular formula is C20H15FN4O. The number of hydrogen-bond donors (Lipinski definition) is 1. The smallest absolute Gasteiger partial charge is 0.276 e. The first-order valence-corrected chi connectivity index (χ1v) is 8.06. The van der Waals surface area contributed by atoms with E-state index in [0.717, 1.165) is 10.8 Å². The summed E-state index contributed by atoms with van der Waals surface area (Å²) < 4.78 is 14.9. The van der Waals surface area contributed by atoms with E-state index in [1.54, 1.807) is 36.3 Å². The summed E-state index contributed by atoms with van der Waals surface area (Å²) in [6, 6.07) is 15.4. The number of aromatic nitrogens is 3. The molecule has 0 fully saturated rings. The van der Waals surface area contributed by atoms with Crippen LogP contribution < -0.4 is 5.32 Å². The van der Waals surface area contributed by atoms with Crippen LogP contribution >= 0.6 is 0 Å². The van der Waals surface area contributed by atoms with E-state index in [9.17, 15) is 9.18 Å². The molecule has 1 amide bonds. The molecule has 2 aromatic heterocycles. The van der Waals surface area contributed by atoms with Gasteiger partial charge in [-0.05, 0) is 35.7 Å². The van der Waals surface area contributed by atoms with Crippen LogP contribution in [0, 0.1) is 5.82 Å². The number of fused-ring (bicyclic) bond motifs is 1. The number of carbonyl (C=O) groups is 1. The topological polar surface area (TPSA) is 59.8 Å². The Morgan fingerprint density at radius 3 is 2.62 bits per heavy atom. The molecule has 2 aromatic carbocycles. The van der Waals surface area contributed by atoms with Gasteiger partial charge in [0.1, 0.15) is 23.0 Å². The molecule has 0 unspecified atom stereocenters. The van der Waals surface area contributed by atoms with E-state index in [4.69, 9.17) is 0 Å². The van der Waals surface area contributed by atoms with Crippen LogP contribution in [0.4, 0.5) is 10.2 Å². The van der Waals surface area contributed by atoms with Crippen molar-refractivity contribution in [2.45, 2.75) is 0 Å². The lowest BCUT2D eigenvalue weighted by molar-refractivity contribution is 0.102. The average molecular weight is 346 g/mol. The second-order valence-corrected chi connectivity index (χ2v) is 5.89. The third kappa shape index (κ3) is 2.82. The number of nitrogens with zero attached hydrogens (tertiary/aromatic N) is 3. The highest BCUT2D eigenvalue weighted by molar-refractivity contribution is 6.11. The number of halogens is 1. The summed E-state index contributed by atoms with van der Waals surface area (Å²) in [5.41, 5.74) is 1.63. The second-order valence-electron chi connectivity index (χ2n) is 5.89. The summed E-state index contributed by atoms with van der Waals surface area (Å²) in [7, 11) is 1.78. The van der Waals surface area contributed by atoms with Gasteiger partial charge in [-0.3, -0.25) is 9.78 Å². The van der Waals surface area contributed by atoms with Gasteiger partial charge in [-0.1, -0.05) is 24.3 Å². The van der Waals surface area contributed by atoms with Crippen molar-refractivity contribution in [1.29, 1.82) is 0 Å². The van der Waals surface area contributed by atoms with Gasteiger partial charge in [-0.15, -0.1) is 0 Å². The molecule has 6 heteroatoms. The summed E-state index contributed by atoms with van der Waals surface area (Å²) in [4.78, 5) is 21.4. The van der Waals surface area contributed by atoms with Crippen LogP contribution in [0.2, 0.25) is 0 Å². The molecule has 4 aromatic rings. The molecule has 0 aliphatic rings. The van der Waals surface area contributed by atoms with Crippen LogP contribution in [-0.2, 0) is 7.05 Å². The van der Waals surface area contributed by atoms with Gasteiger partial charge in [0.15, 0.2) is 0 Å². The Balaban J connectivity index is 1.72. The minimum atomic E-state index is -0.325. The predicted octanol–water partition coefficient (Wildman–Crippen LogP) is 4.03. The predicted molar refractivity (Wildman–Crippen MR) is 98.3 cm³/mol. The summed E-state index contributed by atoms with van der Waals surface area (Å²) in [5, 5.41) is 4.60. The van der Waals surface area contributed by atoms with Gasteiger partial charge in [-0.2, -0.15) is 0 Å².